The molecule has 0 saturated carbocycles. The first kappa shape index (κ1) is 19.1. The number of nitrogens with zero attached hydrogens (tertiary/aromatic N) is 1. The van der Waals surface area contributed by atoms with Crippen LogP contribution in [0.5, 0.6) is 0 Å². The van der Waals surface area contributed by atoms with Crippen LogP contribution in [0.25, 0.3) is 11.1 Å². The lowest BCUT2D eigenvalue weighted by Crippen LogP contribution is -2.20. The van der Waals surface area contributed by atoms with Gasteiger partial charge in [-0.3, -0.25) is 15.4 Å². The Labute approximate surface area is 170 Å². The van der Waals surface area contributed by atoms with Gasteiger partial charge in [0, 0.05) is 12.0 Å². The van der Waals surface area contributed by atoms with Crippen molar-refractivity contribution in [3.63, 3.8) is 0 Å². The molecule has 0 aliphatic heterocycles. The lowest BCUT2D eigenvalue weighted by molar-refractivity contribution is -0.384. The van der Waals surface area contributed by atoms with Crippen molar-refractivity contribution in [3.05, 3.63) is 93.5 Å². The van der Waals surface area contributed by atoms with Gasteiger partial charge in [-0.2, -0.15) is 0 Å². The van der Waals surface area contributed by atoms with Crippen LogP contribution in [-0.4, -0.2) is 28.7 Å². The highest BCUT2D eigenvalue weighted by Crippen LogP contribution is 2.44. The minimum absolute atomic E-state index is 0.00287. The van der Waals surface area contributed by atoms with Gasteiger partial charge in [0.05, 0.1) is 10.5 Å². The average molecular weight is 404 g/mol. The third kappa shape index (κ3) is 3.35. The number of nitro benzene ring substituents is 1. The maximum absolute atomic E-state index is 12.4. The van der Waals surface area contributed by atoms with Gasteiger partial charge in [-0.1, -0.05) is 54.6 Å². The minimum Gasteiger partial charge on any atom is -0.478 e. The van der Waals surface area contributed by atoms with Crippen LogP contribution in [0.1, 0.15) is 27.4 Å². The Balaban J connectivity index is 1.56. The summed E-state index contributed by atoms with van der Waals surface area (Å²) in [5.41, 5.74) is 2.84. The number of carboxylic acid groups (broad SMARTS) is 1. The fraction of sp³-hybridized carbons (Fsp3) is 0.0909. The number of fused-ring (bicyclic) bond motifs is 3. The summed E-state index contributed by atoms with van der Waals surface area (Å²) < 4.78 is 5.35. The van der Waals surface area contributed by atoms with Crippen molar-refractivity contribution in [3.8, 4) is 11.1 Å². The van der Waals surface area contributed by atoms with Crippen molar-refractivity contribution in [2.75, 3.05) is 11.9 Å². The fourth-order valence-electron chi connectivity index (χ4n) is 3.74. The highest BCUT2D eigenvalue weighted by Gasteiger charge is 2.30. The van der Waals surface area contributed by atoms with Crippen LogP contribution in [0.15, 0.2) is 66.7 Å². The molecule has 1 aliphatic rings. The van der Waals surface area contributed by atoms with E-state index in [0.717, 1.165) is 28.3 Å². The van der Waals surface area contributed by atoms with E-state index in [2.05, 4.69) is 5.32 Å². The zero-order valence-electron chi connectivity index (χ0n) is 15.6. The number of anilines is 1. The van der Waals surface area contributed by atoms with E-state index in [4.69, 9.17) is 4.74 Å². The zero-order valence-corrected chi connectivity index (χ0v) is 15.6. The first-order valence-corrected chi connectivity index (χ1v) is 9.10. The van der Waals surface area contributed by atoms with Crippen molar-refractivity contribution in [1.82, 2.24) is 0 Å². The molecule has 2 N–H and O–H groups in total. The molecule has 3 aromatic rings. The zero-order chi connectivity index (χ0) is 21.3. The van der Waals surface area contributed by atoms with E-state index in [-0.39, 0.29) is 12.5 Å². The van der Waals surface area contributed by atoms with Crippen molar-refractivity contribution >= 4 is 23.4 Å². The number of nitro groups is 1. The number of amides is 1. The molecule has 0 unspecified atom stereocenters. The van der Waals surface area contributed by atoms with E-state index < -0.39 is 33.9 Å². The second-order valence-electron chi connectivity index (χ2n) is 6.71. The standard InChI is InChI=1S/C22H16N2O6/c25-21(26)17-10-5-11-19(24(28)29)20(17)23-22(27)30-12-18-15-8-3-1-6-13(15)14-7-2-4-9-16(14)18/h1-11,18H,12H2,(H,23,27)(H,25,26). The summed E-state index contributed by atoms with van der Waals surface area (Å²) in [5, 5.41) is 22.8. The van der Waals surface area contributed by atoms with Gasteiger partial charge in [0.25, 0.3) is 5.69 Å². The summed E-state index contributed by atoms with van der Waals surface area (Å²) in [6.45, 7) is 0.00287. The van der Waals surface area contributed by atoms with E-state index in [1.807, 2.05) is 48.5 Å². The Kier molecular flexibility index (Phi) is 4.89. The number of para-hydroxylation sites is 1. The number of benzene rings is 3. The quantitative estimate of drug-likeness (QED) is 0.472. The molecule has 1 amide bonds. The molecule has 0 saturated heterocycles. The smallest absolute Gasteiger partial charge is 0.411 e. The first-order valence-electron chi connectivity index (χ1n) is 9.10. The minimum atomic E-state index is -1.40. The Bertz CT molecular complexity index is 1100. The Morgan fingerprint density at radius 3 is 2.13 bits per heavy atom. The SMILES string of the molecule is O=C(Nc1c(C(=O)O)cccc1[N+](=O)[O-])OCC1c2ccccc2-c2ccccc21. The van der Waals surface area contributed by atoms with Gasteiger partial charge in [0.2, 0.25) is 0 Å². The van der Waals surface area contributed by atoms with Gasteiger partial charge in [0.1, 0.15) is 12.3 Å². The number of carboxylic acids is 1. The Morgan fingerprint density at radius 2 is 1.57 bits per heavy atom. The van der Waals surface area contributed by atoms with Crippen molar-refractivity contribution in [2.45, 2.75) is 5.92 Å². The number of aromatic carboxylic acids is 1. The largest absolute Gasteiger partial charge is 0.478 e. The maximum Gasteiger partial charge on any atom is 0.411 e. The number of hydrogen-bond acceptors (Lipinski definition) is 5. The normalized spacial score (nSPS) is 12.0. The molecule has 0 atom stereocenters. The monoisotopic (exact) mass is 404 g/mol. The maximum atomic E-state index is 12.4. The molecule has 0 heterocycles. The van der Waals surface area contributed by atoms with Crippen LogP contribution >= 0.6 is 0 Å². The number of rotatable bonds is 5. The van der Waals surface area contributed by atoms with Crippen LogP contribution in [0, 0.1) is 10.1 Å². The predicted molar refractivity (Wildman–Crippen MR) is 109 cm³/mol. The molecule has 8 heteroatoms. The van der Waals surface area contributed by atoms with Crippen LogP contribution in [-0.2, 0) is 4.74 Å². The third-order valence-corrected chi connectivity index (χ3v) is 5.04. The Morgan fingerprint density at radius 1 is 0.967 bits per heavy atom. The summed E-state index contributed by atoms with van der Waals surface area (Å²) in [5.74, 6) is -1.58. The number of ether oxygens (including phenoxy) is 1. The number of carbonyl (C=O) groups excluding carboxylic acids is 1. The molecule has 0 radical (unpaired) electrons. The van der Waals surface area contributed by atoms with Crippen LogP contribution in [0.2, 0.25) is 0 Å². The molecule has 0 spiro atoms. The van der Waals surface area contributed by atoms with E-state index in [9.17, 15) is 24.8 Å². The summed E-state index contributed by atoms with van der Waals surface area (Å²) in [6.07, 6.45) is -0.964. The molecule has 1 aliphatic carbocycles. The average Bonchev–Trinajstić information content (AvgIpc) is 3.06. The Hall–Kier alpha value is -4.20. The van der Waals surface area contributed by atoms with E-state index >= 15 is 0 Å². The molecule has 150 valence electrons. The summed E-state index contributed by atoms with van der Waals surface area (Å²) in [6, 6.07) is 19.2. The summed E-state index contributed by atoms with van der Waals surface area (Å²) in [7, 11) is 0. The molecule has 0 aromatic heterocycles. The van der Waals surface area contributed by atoms with Gasteiger partial charge >= 0.3 is 12.1 Å². The summed E-state index contributed by atoms with van der Waals surface area (Å²) >= 11 is 0. The van der Waals surface area contributed by atoms with E-state index in [1.54, 1.807) is 0 Å². The molecule has 4 rings (SSSR count). The van der Waals surface area contributed by atoms with Crippen LogP contribution in [0.3, 0.4) is 0 Å². The van der Waals surface area contributed by atoms with E-state index in [0.29, 0.717) is 0 Å². The third-order valence-electron chi connectivity index (χ3n) is 5.04. The van der Waals surface area contributed by atoms with Crippen LogP contribution in [0.4, 0.5) is 16.2 Å². The summed E-state index contributed by atoms with van der Waals surface area (Å²) in [4.78, 5) is 34.3. The molecule has 30 heavy (non-hydrogen) atoms. The highest BCUT2D eigenvalue weighted by atomic mass is 16.6. The highest BCUT2D eigenvalue weighted by molar-refractivity contribution is 6.01. The van der Waals surface area contributed by atoms with Gasteiger partial charge in [0.15, 0.2) is 0 Å². The second-order valence-corrected chi connectivity index (χ2v) is 6.71. The molecule has 3 aromatic carbocycles. The molecule has 8 nitrogen and oxygen atoms in total. The first-order chi connectivity index (χ1) is 14.5. The predicted octanol–water partition coefficient (Wildman–Crippen LogP) is 4.65. The van der Waals surface area contributed by atoms with Crippen molar-refractivity contribution in [2.24, 2.45) is 0 Å². The number of nitrogens with one attached hydrogen (secondary N) is 1. The van der Waals surface area contributed by atoms with E-state index in [1.165, 1.54) is 12.1 Å². The van der Waals surface area contributed by atoms with Crippen LogP contribution < -0.4 is 5.32 Å². The van der Waals surface area contributed by atoms with Gasteiger partial charge in [-0.05, 0) is 28.3 Å². The van der Waals surface area contributed by atoms with Crippen molar-refractivity contribution in [1.29, 1.82) is 0 Å². The molecular weight excluding hydrogens is 388 g/mol. The van der Waals surface area contributed by atoms with Gasteiger partial charge < -0.3 is 9.84 Å². The molecule has 0 bridgehead atoms. The number of carbonyl (C=O) groups is 2. The number of hydrogen-bond donors (Lipinski definition) is 2. The van der Waals surface area contributed by atoms with Gasteiger partial charge in [-0.25, -0.2) is 9.59 Å². The topological polar surface area (TPSA) is 119 Å². The lowest BCUT2D eigenvalue weighted by Gasteiger charge is -2.15. The van der Waals surface area contributed by atoms with Crippen molar-refractivity contribution < 1.29 is 24.4 Å². The molecular formula is C22H16N2O6. The second kappa shape index (κ2) is 7.67. The lowest BCUT2D eigenvalue weighted by atomic mass is 9.98. The molecule has 0 fully saturated rings. The fourth-order valence-corrected chi connectivity index (χ4v) is 3.74. The van der Waals surface area contributed by atoms with Gasteiger partial charge in [-0.15, -0.1) is 0 Å².